The number of nitrogens with zero attached hydrogens (tertiary/aromatic N) is 1. The van der Waals surface area contributed by atoms with Crippen LogP contribution in [0.5, 0.6) is 0 Å². The Hall–Kier alpha value is -6.96. The molecule has 0 amide bonds. The summed E-state index contributed by atoms with van der Waals surface area (Å²) in [5, 5.41) is 10.3. The zero-order valence-electron chi connectivity index (χ0n) is 29.0. The molecule has 1 nitrogen and oxygen atoms in total. The molecule has 0 saturated carbocycles. The summed E-state index contributed by atoms with van der Waals surface area (Å²) in [6.07, 6.45) is 0. The third-order valence-electron chi connectivity index (χ3n) is 11.2. The van der Waals surface area contributed by atoms with Crippen LogP contribution in [0.3, 0.4) is 0 Å². The molecular formula is C52H33N. The van der Waals surface area contributed by atoms with Gasteiger partial charge < -0.3 is 4.90 Å². The lowest BCUT2D eigenvalue weighted by Crippen LogP contribution is -2.10. The van der Waals surface area contributed by atoms with Crippen LogP contribution in [0.15, 0.2) is 200 Å². The van der Waals surface area contributed by atoms with E-state index in [1.165, 1.54) is 87.6 Å². The van der Waals surface area contributed by atoms with Crippen LogP contribution < -0.4 is 4.90 Å². The van der Waals surface area contributed by atoms with Gasteiger partial charge in [-0.25, -0.2) is 0 Å². The molecule has 0 aliphatic heterocycles. The Kier molecular flexibility index (Phi) is 6.62. The molecule has 0 radical (unpaired) electrons. The van der Waals surface area contributed by atoms with E-state index in [2.05, 4.69) is 205 Å². The number of anilines is 3. The molecule has 0 saturated heterocycles. The van der Waals surface area contributed by atoms with Gasteiger partial charge >= 0.3 is 0 Å². The monoisotopic (exact) mass is 671 g/mol. The van der Waals surface area contributed by atoms with Crippen LogP contribution in [0, 0.1) is 0 Å². The first-order valence-corrected chi connectivity index (χ1v) is 18.3. The molecule has 0 bridgehead atoms. The Bertz CT molecular complexity index is 3030. The van der Waals surface area contributed by atoms with Crippen molar-refractivity contribution in [3.05, 3.63) is 200 Å². The van der Waals surface area contributed by atoms with Crippen molar-refractivity contribution in [1.29, 1.82) is 0 Å². The van der Waals surface area contributed by atoms with Crippen LogP contribution in [0.25, 0.3) is 87.6 Å². The molecule has 10 aromatic rings. The molecule has 1 aliphatic rings. The molecule has 0 heterocycles. The first kappa shape index (κ1) is 29.7. The highest BCUT2D eigenvalue weighted by atomic mass is 15.1. The van der Waals surface area contributed by atoms with Gasteiger partial charge in [-0.05, 0) is 130 Å². The van der Waals surface area contributed by atoms with Gasteiger partial charge in [-0.3, -0.25) is 0 Å². The van der Waals surface area contributed by atoms with Crippen LogP contribution in [-0.4, -0.2) is 0 Å². The molecule has 1 heteroatoms. The van der Waals surface area contributed by atoms with E-state index in [-0.39, 0.29) is 0 Å². The normalized spacial score (nSPS) is 11.8. The Labute approximate surface area is 308 Å². The minimum absolute atomic E-state index is 1.12. The summed E-state index contributed by atoms with van der Waals surface area (Å²) < 4.78 is 0. The molecular weight excluding hydrogens is 639 g/mol. The Balaban J connectivity index is 1.03. The zero-order valence-corrected chi connectivity index (χ0v) is 29.0. The minimum Gasteiger partial charge on any atom is -0.310 e. The fourth-order valence-electron chi connectivity index (χ4n) is 8.62. The van der Waals surface area contributed by atoms with Crippen molar-refractivity contribution in [1.82, 2.24) is 0 Å². The maximum atomic E-state index is 2.40. The van der Waals surface area contributed by atoms with E-state index in [0.29, 0.717) is 0 Å². The first-order valence-electron chi connectivity index (χ1n) is 18.3. The van der Waals surface area contributed by atoms with Crippen molar-refractivity contribution < 1.29 is 0 Å². The number of benzene rings is 10. The second-order valence-electron chi connectivity index (χ2n) is 14.1. The predicted molar refractivity (Wildman–Crippen MR) is 226 cm³/mol. The summed E-state index contributed by atoms with van der Waals surface area (Å²) in [6, 6.07) is 73.6. The second kappa shape index (κ2) is 11.8. The third-order valence-corrected chi connectivity index (χ3v) is 11.2. The zero-order chi connectivity index (χ0) is 34.9. The van der Waals surface area contributed by atoms with E-state index in [9.17, 15) is 0 Å². The van der Waals surface area contributed by atoms with E-state index in [4.69, 9.17) is 0 Å². The second-order valence-corrected chi connectivity index (χ2v) is 14.1. The SMILES string of the molecule is c1ccc2c(-c3ccc(N(c4ccc(-c5ccc6ccc7ccccc7c6c5)cc4)c4ccc5c(c4)-c4cccc6cccc-5c46)cc3)cccc2c1. The minimum atomic E-state index is 1.12. The van der Waals surface area contributed by atoms with Crippen LogP contribution >= 0.6 is 0 Å². The van der Waals surface area contributed by atoms with Crippen LogP contribution in [0.4, 0.5) is 17.1 Å². The highest BCUT2D eigenvalue weighted by Gasteiger charge is 2.23. The van der Waals surface area contributed by atoms with Gasteiger partial charge in [-0.2, -0.15) is 0 Å². The molecule has 0 atom stereocenters. The van der Waals surface area contributed by atoms with Crippen molar-refractivity contribution >= 4 is 60.2 Å². The molecule has 1 aliphatic carbocycles. The van der Waals surface area contributed by atoms with Crippen molar-refractivity contribution in [2.45, 2.75) is 0 Å². The topological polar surface area (TPSA) is 3.24 Å². The molecule has 11 rings (SSSR count). The molecule has 53 heavy (non-hydrogen) atoms. The number of hydrogen-bond acceptors (Lipinski definition) is 1. The summed E-state index contributed by atoms with van der Waals surface area (Å²) in [6.45, 7) is 0. The predicted octanol–water partition coefficient (Wildman–Crippen LogP) is 14.8. The molecule has 246 valence electrons. The number of rotatable bonds is 5. The van der Waals surface area contributed by atoms with Crippen molar-refractivity contribution in [3.8, 4) is 44.5 Å². The lowest BCUT2D eigenvalue weighted by molar-refractivity contribution is 1.28. The van der Waals surface area contributed by atoms with Gasteiger partial charge in [0.15, 0.2) is 0 Å². The third kappa shape index (κ3) is 4.79. The van der Waals surface area contributed by atoms with Gasteiger partial charge in [0.05, 0.1) is 0 Å². The summed E-state index contributed by atoms with van der Waals surface area (Å²) in [4.78, 5) is 2.40. The van der Waals surface area contributed by atoms with Crippen LogP contribution in [0.1, 0.15) is 0 Å². The van der Waals surface area contributed by atoms with Crippen molar-refractivity contribution in [2.75, 3.05) is 4.90 Å². The molecule has 0 fully saturated rings. The number of fused-ring (bicyclic) bond motifs is 7. The van der Waals surface area contributed by atoms with E-state index in [1.807, 2.05) is 0 Å². The Morgan fingerprint density at radius 2 is 0.755 bits per heavy atom. The summed E-state index contributed by atoms with van der Waals surface area (Å²) in [5.74, 6) is 0. The molecule has 0 N–H and O–H groups in total. The van der Waals surface area contributed by atoms with Crippen molar-refractivity contribution in [3.63, 3.8) is 0 Å². The molecule has 10 aromatic carbocycles. The Morgan fingerprint density at radius 1 is 0.245 bits per heavy atom. The van der Waals surface area contributed by atoms with E-state index in [0.717, 1.165) is 17.1 Å². The van der Waals surface area contributed by atoms with Gasteiger partial charge in [-0.15, -0.1) is 0 Å². The molecule has 0 aromatic heterocycles. The van der Waals surface area contributed by atoms with Gasteiger partial charge in [-0.1, -0.05) is 158 Å². The quantitative estimate of drug-likeness (QED) is 0.165. The van der Waals surface area contributed by atoms with Gasteiger partial charge in [0.25, 0.3) is 0 Å². The maximum absolute atomic E-state index is 2.40. The van der Waals surface area contributed by atoms with Crippen LogP contribution in [-0.2, 0) is 0 Å². The Morgan fingerprint density at radius 3 is 1.49 bits per heavy atom. The van der Waals surface area contributed by atoms with E-state index in [1.54, 1.807) is 0 Å². The largest absolute Gasteiger partial charge is 0.310 e. The summed E-state index contributed by atoms with van der Waals surface area (Å²) >= 11 is 0. The number of hydrogen-bond donors (Lipinski definition) is 0. The smallest absolute Gasteiger partial charge is 0.0468 e. The summed E-state index contributed by atoms with van der Waals surface area (Å²) in [5.41, 5.74) is 13.4. The fraction of sp³-hybridized carbons (Fsp3) is 0. The standard InChI is InChI=1S/C52H33N/c1-3-13-44-35(8-1)10-5-15-45(44)37-24-28-42(29-25-37)53(43-30-31-47-48-16-6-11-39-12-7-17-49(52(39)48)51(47)33-43)41-26-22-34(23-27-41)40-21-20-38-19-18-36-9-2-4-14-46(36)50(38)32-40/h1-33H. The summed E-state index contributed by atoms with van der Waals surface area (Å²) in [7, 11) is 0. The molecule has 0 spiro atoms. The van der Waals surface area contributed by atoms with Gasteiger partial charge in [0, 0.05) is 17.1 Å². The first-order chi connectivity index (χ1) is 26.3. The lowest BCUT2D eigenvalue weighted by Gasteiger charge is -2.27. The van der Waals surface area contributed by atoms with E-state index >= 15 is 0 Å². The van der Waals surface area contributed by atoms with Gasteiger partial charge in [0.1, 0.15) is 0 Å². The average Bonchev–Trinajstić information content (AvgIpc) is 3.55. The van der Waals surface area contributed by atoms with Crippen LogP contribution in [0.2, 0.25) is 0 Å². The lowest BCUT2D eigenvalue weighted by atomic mass is 9.97. The highest BCUT2D eigenvalue weighted by molar-refractivity contribution is 6.16. The fourth-order valence-corrected chi connectivity index (χ4v) is 8.62. The highest BCUT2D eigenvalue weighted by Crippen LogP contribution is 2.49. The van der Waals surface area contributed by atoms with E-state index < -0.39 is 0 Å². The molecule has 0 unspecified atom stereocenters. The maximum Gasteiger partial charge on any atom is 0.0468 e. The van der Waals surface area contributed by atoms with Gasteiger partial charge in [0.2, 0.25) is 0 Å². The van der Waals surface area contributed by atoms with Crippen molar-refractivity contribution in [2.24, 2.45) is 0 Å². The average molecular weight is 672 g/mol.